The summed E-state index contributed by atoms with van der Waals surface area (Å²) >= 11 is 3.48. The molecule has 15 heavy (non-hydrogen) atoms. The Morgan fingerprint density at radius 3 is 2.93 bits per heavy atom. The summed E-state index contributed by atoms with van der Waals surface area (Å²) in [5, 5.41) is 12.9. The summed E-state index contributed by atoms with van der Waals surface area (Å²) in [6.07, 6.45) is 6.10. The van der Waals surface area contributed by atoms with E-state index >= 15 is 0 Å². The summed E-state index contributed by atoms with van der Waals surface area (Å²) in [5.74, 6) is -0.765. The number of carboxylic acids is 1. The molecule has 0 aliphatic heterocycles. The molecule has 1 aromatic rings. The van der Waals surface area contributed by atoms with Crippen molar-refractivity contribution in [3.8, 4) is 0 Å². The zero-order chi connectivity index (χ0) is 10.8. The highest BCUT2D eigenvalue weighted by atomic mass is 79.9. The summed E-state index contributed by atoms with van der Waals surface area (Å²) < 4.78 is 2.93. The first kappa shape index (κ1) is 10.7. The standard InChI is InChI=1S/C10H13BrN2O2/c11-10-7(4-5-9(14)15)6-12-13(10)8-2-1-3-8/h6,8H,1-5H2,(H,14,15). The lowest BCUT2D eigenvalue weighted by atomic mass is 9.93. The lowest BCUT2D eigenvalue weighted by Gasteiger charge is -2.26. The summed E-state index contributed by atoms with van der Waals surface area (Å²) in [4.78, 5) is 10.4. The molecule has 82 valence electrons. The lowest BCUT2D eigenvalue weighted by molar-refractivity contribution is -0.136. The second kappa shape index (κ2) is 4.35. The van der Waals surface area contributed by atoms with E-state index in [4.69, 9.17) is 5.11 Å². The van der Waals surface area contributed by atoms with Crippen LogP contribution in [0.25, 0.3) is 0 Å². The highest BCUT2D eigenvalue weighted by Gasteiger charge is 2.23. The van der Waals surface area contributed by atoms with Gasteiger partial charge in [0, 0.05) is 12.0 Å². The van der Waals surface area contributed by atoms with Gasteiger partial charge in [-0.2, -0.15) is 5.10 Å². The van der Waals surface area contributed by atoms with Crippen molar-refractivity contribution < 1.29 is 9.90 Å². The quantitative estimate of drug-likeness (QED) is 0.916. The van der Waals surface area contributed by atoms with Crippen molar-refractivity contribution in [2.24, 2.45) is 0 Å². The molecule has 0 atom stereocenters. The van der Waals surface area contributed by atoms with Gasteiger partial charge in [-0.25, -0.2) is 0 Å². The van der Waals surface area contributed by atoms with Crippen LogP contribution in [0.1, 0.15) is 37.3 Å². The molecule has 0 aromatic carbocycles. The van der Waals surface area contributed by atoms with Crippen LogP contribution in [0.2, 0.25) is 0 Å². The number of hydrogen-bond acceptors (Lipinski definition) is 2. The van der Waals surface area contributed by atoms with Crippen LogP contribution in [0.4, 0.5) is 0 Å². The molecule has 0 unspecified atom stereocenters. The highest BCUT2D eigenvalue weighted by molar-refractivity contribution is 9.10. The van der Waals surface area contributed by atoms with E-state index in [0.29, 0.717) is 12.5 Å². The Kier molecular flexibility index (Phi) is 3.09. The number of aryl methyl sites for hydroxylation is 1. The van der Waals surface area contributed by atoms with Crippen LogP contribution in [0.15, 0.2) is 10.8 Å². The van der Waals surface area contributed by atoms with Crippen LogP contribution in [0.3, 0.4) is 0 Å². The molecule has 1 heterocycles. The molecule has 1 fully saturated rings. The molecule has 1 N–H and O–H groups in total. The Morgan fingerprint density at radius 2 is 2.40 bits per heavy atom. The maximum absolute atomic E-state index is 10.4. The number of carbonyl (C=O) groups is 1. The van der Waals surface area contributed by atoms with Gasteiger partial charge in [0.25, 0.3) is 0 Å². The Morgan fingerprint density at radius 1 is 1.67 bits per heavy atom. The van der Waals surface area contributed by atoms with Gasteiger partial charge in [-0.1, -0.05) is 0 Å². The van der Waals surface area contributed by atoms with Crippen molar-refractivity contribution in [3.63, 3.8) is 0 Å². The zero-order valence-electron chi connectivity index (χ0n) is 8.32. The van der Waals surface area contributed by atoms with Crippen LogP contribution >= 0.6 is 15.9 Å². The fourth-order valence-electron chi connectivity index (χ4n) is 1.68. The van der Waals surface area contributed by atoms with E-state index in [1.807, 2.05) is 4.68 Å². The fourth-order valence-corrected chi connectivity index (χ4v) is 2.36. The number of halogens is 1. The molecular formula is C10H13BrN2O2. The van der Waals surface area contributed by atoms with Crippen LogP contribution in [0.5, 0.6) is 0 Å². The predicted molar refractivity (Wildman–Crippen MR) is 58.8 cm³/mol. The Labute approximate surface area is 96.4 Å². The van der Waals surface area contributed by atoms with Crippen molar-refractivity contribution in [1.82, 2.24) is 9.78 Å². The van der Waals surface area contributed by atoms with Gasteiger partial charge < -0.3 is 5.11 Å². The van der Waals surface area contributed by atoms with Gasteiger partial charge in [-0.3, -0.25) is 9.48 Å². The molecule has 1 aromatic heterocycles. The highest BCUT2D eigenvalue weighted by Crippen LogP contribution is 2.34. The minimum atomic E-state index is -0.765. The largest absolute Gasteiger partial charge is 0.481 e. The summed E-state index contributed by atoms with van der Waals surface area (Å²) in [6, 6.07) is 0.512. The van der Waals surface area contributed by atoms with E-state index < -0.39 is 5.97 Å². The molecule has 0 saturated heterocycles. The molecule has 2 rings (SSSR count). The van der Waals surface area contributed by atoms with Crippen LogP contribution in [-0.4, -0.2) is 20.9 Å². The minimum Gasteiger partial charge on any atom is -0.481 e. The fraction of sp³-hybridized carbons (Fsp3) is 0.600. The average Bonchev–Trinajstić information content (AvgIpc) is 2.43. The van der Waals surface area contributed by atoms with Crippen molar-refractivity contribution in [2.75, 3.05) is 0 Å². The predicted octanol–water partition coefficient (Wildman–Crippen LogP) is 2.39. The van der Waals surface area contributed by atoms with Crippen molar-refractivity contribution in [2.45, 2.75) is 38.1 Å². The smallest absolute Gasteiger partial charge is 0.303 e. The normalized spacial score (nSPS) is 16.3. The minimum absolute atomic E-state index is 0.162. The maximum Gasteiger partial charge on any atom is 0.303 e. The van der Waals surface area contributed by atoms with E-state index in [1.54, 1.807) is 6.20 Å². The summed E-state index contributed by atoms with van der Waals surface area (Å²) in [5.41, 5.74) is 0.990. The van der Waals surface area contributed by atoms with Crippen molar-refractivity contribution in [1.29, 1.82) is 0 Å². The van der Waals surface area contributed by atoms with Crippen LogP contribution in [-0.2, 0) is 11.2 Å². The van der Waals surface area contributed by atoms with Crippen molar-refractivity contribution in [3.05, 3.63) is 16.4 Å². The molecule has 0 spiro atoms. The molecule has 1 aliphatic carbocycles. The first-order chi connectivity index (χ1) is 7.18. The van der Waals surface area contributed by atoms with Gasteiger partial charge in [-0.05, 0) is 41.6 Å². The summed E-state index contributed by atoms with van der Waals surface area (Å²) in [7, 11) is 0. The SMILES string of the molecule is O=C(O)CCc1cnn(C2CCC2)c1Br. The molecule has 4 nitrogen and oxygen atoms in total. The topological polar surface area (TPSA) is 55.1 Å². The van der Waals surface area contributed by atoms with Gasteiger partial charge in [-0.15, -0.1) is 0 Å². The second-order valence-corrected chi connectivity index (χ2v) is 4.63. The molecule has 1 saturated carbocycles. The zero-order valence-corrected chi connectivity index (χ0v) is 9.90. The summed E-state index contributed by atoms with van der Waals surface area (Å²) in [6.45, 7) is 0. The molecule has 5 heteroatoms. The van der Waals surface area contributed by atoms with Crippen molar-refractivity contribution >= 4 is 21.9 Å². The first-order valence-electron chi connectivity index (χ1n) is 5.12. The third-order valence-corrected chi connectivity index (χ3v) is 3.71. The van der Waals surface area contributed by atoms with Gasteiger partial charge in [0.1, 0.15) is 4.60 Å². The maximum atomic E-state index is 10.4. The Bertz CT molecular complexity index is 371. The Hall–Kier alpha value is -0.840. The second-order valence-electron chi connectivity index (χ2n) is 3.88. The Balaban J connectivity index is 2.05. The van der Waals surface area contributed by atoms with Crippen LogP contribution < -0.4 is 0 Å². The third kappa shape index (κ3) is 2.22. The molecule has 0 amide bonds. The van der Waals surface area contributed by atoms with Crippen LogP contribution in [0, 0.1) is 0 Å². The number of rotatable bonds is 4. The van der Waals surface area contributed by atoms with Gasteiger partial charge in [0.15, 0.2) is 0 Å². The van der Waals surface area contributed by atoms with E-state index in [-0.39, 0.29) is 6.42 Å². The first-order valence-corrected chi connectivity index (χ1v) is 5.91. The molecule has 1 aliphatic rings. The molecule has 0 radical (unpaired) electrons. The molecule has 0 bridgehead atoms. The lowest BCUT2D eigenvalue weighted by Crippen LogP contribution is -2.18. The van der Waals surface area contributed by atoms with E-state index in [0.717, 1.165) is 10.2 Å². The number of hydrogen-bond donors (Lipinski definition) is 1. The monoisotopic (exact) mass is 272 g/mol. The third-order valence-electron chi connectivity index (χ3n) is 2.83. The van der Waals surface area contributed by atoms with Gasteiger partial charge in [0.2, 0.25) is 0 Å². The van der Waals surface area contributed by atoms with E-state index in [9.17, 15) is 4.79 Å². The number of nitrogens with zero attached hydrogens (tertiary/aromatic N) is 2. The van der Waals surface area contributed by atoms with E-state index in [2.05, 4.69) is 21.0 Å². The van der Waals surface area contributed by atoms with E-state index in [1.165, 1.54) is 19.3 Å². The average molecular weight is 273 g/mol. The van der Waals surface area contributed by atoms with Gasteiger partial charge >= 0.3 is 5.97 Å². The van der Waals surface area contributed by atoms with Gasteiger partial charge in [0.05, 0.1) is 12.2 Å². The number of carboxylic acid groups (broad SMARTS) is 1. The molecular weight excluding hydrogens is 260 g/mol. The number of aliphatic carboxylic acids is 1. The number of aromatic nitrogens is 2.